The molecule has 0 aliphatic carbocycles. The van der Waals surface area contributed by atoms with Gasteiger partial charge in [0.2, 0.25) is 0 Å². The molecule has 1 N–H and O–H groups in total. The summed E-state index contributed by atoms with van der Waals surface area (Å²) in [5, 5.41) is 9.56. The van der Waals surface area contributed by atoms with Gasteiger partial charge in [0.25, 0.3) is 0 Å². The number of rotatable bonds is 5. The Labute approximate surface area is 145 Å². The van der Waals surface area contributed by atoms with E-state index in [1.807, 2.05) is 48.5 Å². The Morgan fingerprint density at radius 2 is 1.50 bits per heavy atom. The van der Waals surface area contributed by atoms with E-state index in [2.05, 4.69) is 0 Å². The van der Waals surface area contributed by atoms with Crippen LogP contribution in [-0.2, 0) is 11.2 Å². The molecule has 3 aromatic rings. The number of benzene rings is 3. The average Bonchev–Trinajstić information content (AvgIpc) is 2.55. The van der Waals surface area contributed by atoms with Gasteiger partial charge in [0.15, 0.2) is 0 Å². The summed E-state index contributed by atoms with van der Waals surface area (Å²) in [4.78, 5) is 10.8. The molecule has 0 spiro atoms. The van der Waals surface area contributed by atoms with E-state index >= 15 is 0 Å². The third kappa shape index (κ3) is 4.15. The second-order valence-corrected chi connectivity index (χ2v) is 5.79. The molecule has 0 aromatic heterocycles. The summed E-state index contributed by atoms with van der Waals surface area (Å²) in [7, 11) is 0. The highest BCUT2D eigenvalue weighted by Gasteiger charge is 2.05. The first-order chi connectivity index (χ1) is 11.6. The molecule has 3 rings (SSSR count). The summed E-state index contributed by atoms with van der Waals surface area (Å²) in [6.07, 6.45) is -0.0280. The third-order valence-corrected chi connectivity index (χ3v) is 3.72. The van der Waals surface area contributed by atoms with E-state index in [4.69, 9.17) is 21.4 Å². The van der Waals surface area contributed by atoms with Crippen LogP contribution in [0.5, 0.6) is 11.5 Å². The van der Waals surface area contributed by atoms with Crippen molar-refractivity contribution < 1.29 is 14.6 Å². The lowest BCUT2D eigenvalue weighted by atomic mass is 10.1. The number of aliphatic carboxylic acids is 1. The lowest BCUT2D eigenvalue weighted by molar-refractivity contribution is -0.136. The van der Waals surface area contributed by atoms with Gasteiger partial charge in [-0.2, -0.15) is 0 Å². The number of ether oxygens (including phenoxy) is 1. The molecule has 0 aliphatic rings. The van der Waals surface area contributed by atoms with Crippen molar-refractivity contribution in [3.05, 3.63) is 83.4 Å². The highest BCUT2D eigenvalue weighted by atomic mass is 35.5. The molecule has 0 bridgehead atoms. The standard InChI is InChI=1S/C20H15ClO3/c21-17-7-2-5-15(12-17)16-6-3-9-19(13-16)24-18-8-1-4-14(10-18)11-20(22)23/h1-10,12-13H,11H2,(H,22,23). The highest BCUT2D eigenvalue weighted by molar-refractivity contribution is 6.30. The quantitative estimate of drug-likeness (QED) is 0.675. The van der Waals surface area contributed by atoms with Crippen molar-refractivity contribution in [2.75, 3.05) is 0 Å². The van der Waals surface area contributed by atoms with Crippen LogP contribution in [0.1, 0.15) is 5.56 Å². The second-order valence-electron chi connectivity index (χ2n) is 5.36. The molecule has 120 valence electrons. The summed E-state index contributed by atoms with van der Waals surface area (Å²) in [5.74, 6) is 0.423. The fourth-order valence-electron chi connectivity index (χ4n) is 2.44. The first-order valence-electron chi connectivity index (χ1n) is 7.45. The Bertz CT molecular complexity index is 874. The highest BCUT2D eigenvalue weighted by Crippen LogP contribution is 2.29. The summed E-state index contributed by atoms with van der Waals surface area (Å²) < 4.78 is 5.87. The number of halogens is 1. The first-order valence-corrected chi connectivity index (χ1v) is 7.82. The molecule has 0 unspecified atom stereocenters. The van der Waals surface area contributed by atoms with E-state index in [1.54, 1.807) is 24.3 Å². The van der Waals surface area contributed by atoms with Crippen molar-refractivity contribution in [2.45, 2.75) is 6.42 Å². The normalized spacial score (nSPS) is 10.4. The lowest BCUT2D eigenvalue weighted by Crippen LogP contribution is -1.99. The summed E-state index contributed by atoms with van der Waals surface area (Å²) in [6, 6.07) is 22.4. The van der Waals surface area contributed by atoms with Gasteiger partial charge in [-0.05, 0) is 53.1 Å². The Morgan fingerprint density at radius 3 is 2.21 bits per heavy atom. The zero-order valence-electron chi connectivity index (χ0n) is 12.8. The zero-order chi connectivity index (χ0) is 16.9. The molecule has 3 nitrogen and oxygen atoms in total. The number of hydrogen-bond donors (Lipinski definition) is 1. The molecule has 0 amide bonds. The van der Waals surface area contributed by atoms with E-state index < -0.39 is 5.97 Å². The van der Waals surface area contributed by atoms with E-state index in [9.17, 15) is 4.79 Å². The summed E-state index contributed by atoms with van der Waals surface area (Å²) in [5.41, 5.74) is 2.70. The summed E-state index contributed by atoms with van der Waals surface area (Å²) in [6.45, 7) is 0. The van der Waals surface area contributed by atoms with E-state index in [1.165, 1.54) is 0 Å². The van der Waals surface area contributed by atoms with Crippen LogP contribution in [-0.4, -0.2) is 11.1 Å². The SMILES string of the molecule is O=C(O)Cc1cccc(Oc2cccc(-c3cccc(Cl)c3)c2)c1. The first kappa shape index (κ1) is 16.1. The zero-order valence-corrected chi connectivity index (χ0v) is 13.5. The topological polar surface area (TPSA) is 46.5 Å². The molecule has 4 heteroatoms. The molecular weight excluding hydrogens is 324 g/mol. The molecule has 0 atom stereocenters. The van der Waals surface area contributed by atoms with Gasteiger partial charge in [0.05, 0.1) is 6.42 Å². The average molecular weight is 339 g/mol. The Kier molecular flexibility index (Phi) is 4.82. The van der Waals surface area contributed by atoms with Crippen LogP contribution >= 0.6 is 11.6 Å². The van der Waals surface area contributed by atoms with Crippen LogP contribution in [0.4, 0.5) is 0 Å². The smallest absolute Gasteiger partial charge is 0.307 e. The number of carbonyl (C=O) groups is 1. The lowest BCUT2D eigenvalue weighted by Gasteiger charge is -2.09. The molecule has 3 aromatic carbocycles. The van der Waals surface area contributed by atoms with Gasteiger partial charge in [-0.1, -0.05) is 48.0 Å². The molecular formula is C20H15ClO3. The molecule has 0 aliphatic heterocycles. The van der Waals surface area contributed by atoms with Gasteiger partial charge in [-0.3, -0.25) is 4.79 Å². The van der Waals surface area contributed by atoms with E-state index in [0.717, 1.165) is 11.1 Å². The van der Waals surface area contributed by atoms with Crippen molar-refractivity contribution in [3.8, 4) is 22.6 Å². The Balaban J connectivity index is 1.84. The van der Waals surface area contributed by atoms with Crippen molar-refractivity contribution in [2.24, 2.45) is 0 Å². The van der Waals surface area contributed by atoms with Crippen molar-refractivity contribution in [3.63, 3.8) is 0 Å². The van der Waals surface area contributed by atoms with Gasteiger partial charge in [0.1, 0.15) is 11.5 Å². The third-order valence-electron chi connectivity index (χ3n) is 3.48. The second kappa shape index (κ2) is 7.20. The minimum atomic E-state index is -0.866. The van der Waals surface area contributed by atoms with E-state index in [0.29, 0.717) is 22.1 Å². The maximum absolute atomic E-state index is 10.8. The Morgan fingerprint density at radius 1 is 0.875 bits per heavy atom. The van der Waals surface area contributed by atoms with Gasteiger partial charge in [-0.25, -0.2) is 0 Å². The van der Waals surface area contributed by atoms with Gasteiger partial charge in [0, 0.05) is 5.02 Å². The van der Waals surface area contributed by atoms with Crippen LogP contribution in [0.25, 0.3) is 11.1 Å². The van der Waals surface area contributed by atoms with Crippen LogP contribution in [0.3, 0.4) is 0 Å². The molecule has 0 radical (unpaired) electrons. The molecule has 0 saturated carbocycles. The fraction of sp³-hybridized carbons (Fsp3) is 0.0500. The fourth-order valence-corrected chi connectivity index (χ4v) is 2.63. The number of carboxylic acids is 1. The predicted molar refractivity (Wildman–Crippen MR) is 94.7 cm³/mol. The number of carboxylic acid groups (broad SMARTS) is 1. The van der Waals surface area contributed by atoms with Gasteiger partial charge < -0.3 is 9.84 Å². The number of hydrogen-bond acceptors (Lipinski definition) is 2. The van der Waals surface area contributed by atoms with Crippen LogP contribution < -0.4 is 4.74 Å². The van der Waals surface area contributed by atoms with Crippen LogP contribution in [0.2, 0.25) is 5.02 Å². The Hall–Kier alpha value is -2.78. The maximum atomic E-state index is 10.8. The van der Waals surface area contributed by atoms with Gasteiger partial charge in [-0.15, -0.1) is 0 Å². The molecule has 24 heavy (non-hydrogen) atoms. The van der Waals surface area contributed by atoms with Crippen molar-refractivity contribution in [1.29, 1.82) is 0 Å². The molecule has 0 fully saturated rings. The molecule has 0 saturated heterocycles. The summed E-state index contributed by atoms with van der Waals surface area (Å²) >= 11 is 6.04. The minimum absolute atomic E-state index is 0.0280. The van der Waals surface area contributed by atoms with Crippen LogP contribution in [0, 0.1) is 0 Å². The van der Waals surface area contributed by atoms with Crippen molar-refractivity contribution >= 4 is 17.6 Å². The largest absolute Gasteiger partial charge is 0.481 e. The van der Waals surface area contributed by atoms with Crippen LogP contribution in [0.15, 0.2) is 72.8 Å². The molecule has 0 heterocycles. The maximum Gasteiger partial charge on any atom is 0.307 e. The monoisotopic (exact) mass is 338 g/mol. The predicted octanol–water partition coefficient (Wildman–Crippen LogP) is 5.43. The van der Waals surface area contributed by atoms with Crippen molar-refractivity contribution in [1.82, 2.24) is 0 Å². The van der Waals surface area contributed by atoms with Gasteiger partial charge >= 0.3 is 5.97 Å². The van der Waals surface area contributed by atoms with E-state index in [-0.39, 0.29) is 6.42 Å². The minimum Gasteiger partial charge on any atom is -0.481 e.